The highest BCUT2D eigenvalue weighted by Gasteiger charge is 2.29. The highest BCUT2D eigenvalue weighted by atomic mass is 35.5. The maximum absolute atomic E-state index is 13.2. The van der Waals surface area contributed by atoms with Crippen molar-refractivity contribution in [1.82, 2.24) is 4.90 Å². The number of carbonyl (C=O) groups is 2. The molecule has 0 saturated heterocycles. The van der Waals surface area contributed by atoms with Gasteiger partial charge in [0.05, 0.1) is 11.1 Å². The van der Waals surface area contributed by atoms with Gasteiger partial charge in [0.15, 0.2) is 5.78 Å². The Labute approximate surface area is 166 Å². The normalized spacial score (nSPS) is 16.5. The summed E-state index contributed by atoms with van der Waals surface area (Å²) in [5.41, 5.74) is 2.18. The lowest BCUT2D eigenvalue weighted by Crippen LogP contribution is -2.37. The molecule has 27 heavy (non-hydrogen) atoms. The van der Waals surface area contributed by atoms with Gasteiger partial charge in [-0.1, -0.05) is 23.7 Å². The number of aryl methyl sites for hydroxylation is 1. The molecule has 0 aromatic heterocycles. The van der Waals surface area contributed by atoms with Crippen molar-refractivity contribution in [3.63, 3.8) is 0 Å². The van der Waals surface area contributed by atoms with E-state index in [0.717, 1.165) is 10.5 Å². The number of hydrogen-bond donors (Lipinski definition) is 1. The molecule has 140 valence electrons. The lowest BCUT2D eigenvalue weighted by molar-refractivity contribution is -0.116. The van der Waals surface area contributed by atoms with Gasteiger partial charge in [0, 0.05) is 23.2 Å². The van der Waals surface area contributed by atoms with Crippen LogP contribution < -0.4 is 5.32 Å². The van der Waals surface area contributed by atoms with Crippen molar-refractivity contribution in [3.05, 3.63) is 70.6 Å². The minimum atomic E-state index is -0.490. The molecular weight excluding hydrogens is 387 g/mol. The molecule has 2 aromatic rings. The number of anilines is 1. The predicted molar refractivity (Wildman–Crippen MR) is 107 cm³/mol. The number of benzene rings is 2. The van der Waals surface area contributed by atoms with Crippen LogP contribution >= 0.6 is 23.4 Å². The van der Waals surface area contributed by atoms with Crippen LogP contribution in [-0.2, 0) is 4.79 Å². The number of carbonyl (C=O) groups excluding carboxylic acids is 2. The largest absolute Gasteiger partial charge is 0.326 e. The van der Waals surface area contributed by atoms with Gasteiger partial charge in [-0.05, 0) is 54.6 Å². The maximum atomic E-state index is 13.2. The topological polar surface area (TPSA) is 49.4 Å². The summed E-state index contributed by atoms with van der Waals surface area (Å²) in [6, 6.07) is 8.59. The van der Waals surface area contributed by atoms with Gasteiger partial charge in [-0.2, -0.15) is 0 Å². The molecule has 1 aliphatic heterocycles. The molecule has 0 bridgehead atoms. The number of hydrogen-bond acceptors (Lipinski definition) is 3. The molecule has 3 rings (SSSR count). The number of rotatable bonds is 3. The molecule has 2 aromatic carbocycles. The van der Waals surface area contributed by atoms with Gasteiger partial charge in [-0.3, -0.25) is 9.69 Å². The number of ketones is 1. The standard InChI is InChI=1S/C20H18ClFN2O2S/c1-12-9-16(21)19(27-2)11-17(12)23-20(26)24-8-7-15(25)10-18(24)13-3-5-14(22)6-4-13/h3-9,11,18H,10H2,1-2H3,(H,23,26). The third-order valence-electron chi connectivity index (χ3n) is 4.38. The Hall–Kier alpha value is -2.31. The number of amides is 2. The fourth-order valence-electron chi connectivity index (χ4n) is 2.92. The minimum Gasteiger partial charge on any atom is -0.307 e. The van der Waals surface area contributed by atoms with Crippen LogP contribution in [0.1, 0.15) is 23.6 Å². The lowest BCUT2D eigenvalue weighted by atomic mass is 9.97. The van der Waals surface area contributed by atoms with E-state index >= 15 is 0 Å². The van der Waals surface area contributed by atoms with Crippen molar-refractivity contribution >= 4 is 40.9 Å². The zero-order valence-electron chi connectivity index (χ0n) is 14.8. The fourth-order valence-corrected chi connectivity index (χ4v) is 3.86. The summed E-state index contributed by atoms with van der Waals surface area (Å²) in [4.78, 5) is 27.1. The number of urea groups is 1. The summed E-state index contributed by atoms with van der Waals surface area (Å²) in [5, 5.41) is 3.52. The molecule has 0 aliphatic carbocycles. The van der Waals surface area contributed by atoms with E-state index < -0.39 is 6.04 Å². The van der Waals surface area contributed by atoms with Crippen molar-refractivity contribution in [2.45, 2.75) is 24.3 Å². The van der Waals surface area contributed by atoms with Gasteiger partial charge in [-0.15, -0.1) is 11.8 Å². The quantitative estimate of drug-likeness (QED) is 0.680. The summed E-state index contributed by atoms with van der Waals surface area (Å²) < 4.78 is 13.2. The van der Waals surface area contributed by atoms with Gasteiger partial charge in [0.25, 0.3) is 0 Å². The first kappa shape index (κ1) is 19.5. The first-order chi connectivity index (χ1) is 12.9. The Balaban J connectivity index is 1.88. The SMILES string of the molecule is CSc1cc(NC(=O)N2C=CC(=O)CC2c2ccc(F)cc2)c(C)cc1Cl. The van der Waals surface area contributed by atoms with Crippen molar-refractivity contribution < 1.29 is 14.0 Å². The van der Waals surface area contributed by atoms with Crippen molar-refractivity contribution in [3.8, 4) is 0 Å². The van der Waals surface area contributed by atoms with Crippen molar-refractivity contribution in [1.29, 1.82) is 0 Å². The summed E-state index contributed by atoms with van der Waals surface area (Å²) in [6.07, 6.45) is 4.90. The summed E-state index contributed by atoms with van der Waals surface area (Å²) in [7, 11) is 0. The summed E-state index contributed by atoms with van der Waals surface area (Å²) >= 11 is 7.68. The highest BCUT2D eigenvalue weighted by molar-refractivity contribution is 7.98. The molecule has 0 fully saturated rings. The van der Waals surface area contributed by atoms with Crippen LogP contribution in [0.15, 0.2) is 53.6 Å². The highest BCUT2D eigenvalue weighted by Crippen LogP contribution is 2.33. The fraction of sp³-hybridized carbons (Fsp3) is 0.200. The molecule has 7 heteroatoms. The first-order valence-electron chi connectivity index (χ1n) is 8.29. The number of thioether (sulfide) groups is 1. The molecule has 4 nitrogen and oxygen atoms in total. The molecule has 0 radical (unpaired) electrons. The lowest BCUT2D eigenvalue weighted by Gasteiger charge is -2.31. The average molecular weight is 405 g/mol. The maximum Gasteiger partial charge on any atom is 0.326 e. The smallest absolute Gasteiger partial charge is 0.307 e. The van der Waals surface area contributed by atoms with Crippen LogP contribution in [0.2, 0.25) is 5.02 Å². The van der Waals surface area contributed by atoms with E-state index in [-0.39, 0.29) is 24.1 Å². The second kappa shape index (κ2) is 8.15. The monoisotopic (exact) mass is 404 g/mol. The van der Waals surface area contributed by atoms with Crippen LogP contribution in [0.3, 0.4) is 0 Å². The second-order valence-corrected chi connectivity index (χ2v) is 7.45. The molecule has 0 spiro atoms. The number of nitrogens with one attached hydrogen (secondary N) is 1. The molecule has 1 unspecified atom stereocenters. The summed E-state index contributed by atoms with van der Waals surface area (Å²) in [5.74, 6) is -0.450. The Morgan fingerprint density at radius 2 is 2.00 bits per heavy atom. The van der Waals surface area contributed by atoms with Gasteiger partial charge < -0.3 is 5.32 Å². The van der Waals surface area contributed by atoms with Crippen molar-refractivity contribution in [2.75, 3.05) is 11.6 Å². The van der Waals surface area contributed by atoms with E-state index in [1.54, 1.807) is 18.2 Å². The molecule has 1 N–H and O–H groups in total. The van der Waals surface area contributed by atoms with Gasteiger partial charge in [0.1, 0.15) is 5.82 Å². The van der Waals surface area contributed by atoms with Gasteiger partial charge in [-0.25, -0.2) is 9.18 Å². The predicted octanol–water partition coefficient (Wildman–Crippen LogP) is 5.57. The Kier molecular flexibility index (Phi) is 5.87. The van der Waals surface area contributed by atoms with E-state index in [4.69, 9.17) is 11.6 Å². The number of allylic oxidation sites excluding steroid dienone is 1. The van der Waals surface area contributed by atoms with E-state index in [9.17, 15) is 14.0 Å². The van der Waals surface area contributed by atoms with E-state index in [2.05, 4.69) is 5.32 Å². The summed E-state index contributed by atoms with van der Waals surface area (Å²) in [6.45, 7) is 1.86. The Bertz CT molecular complexity index is 915. The zero-order chi connectivity index (χ0) is 19.6. The Morgan fingerprint density at radius 3 is 2.67 bits per heavy atom. The van der Waals surface area contributed by atoms with Gasteiger partial charge in [0.2, 0.25) is 0 Å². The molecule has 0 saturated carbocycles. The first-order valence-corrected chi connectivity index (χ1v) is 9.89. The van der Waals surface area contributed by atoms with Crippen LogP contribution in [-0.4, -0.2) is 23.0 Å². The molecule has 1 aliphatic rings. The second-order valence-electron chi connectivity index (χ2n) is 6.19. The van der Waals surface area contributed by atoms with Crippen LogP contribution in [0.4, 0.5) is 14.9 Å². The molecule has 2 amide bonds. The third-order valence-corrected chi connectivity index (χ3v) is 5.58. The van der Waals surface area contributed by atoms with E-state index in [1.165, 1.54) is 41.1 Å². The molecule has 1 atom stereocenters. The van der Waals surface area contributed by atoms with Crippen LogP contribution in [0.5, 0.6) is 0 Å². The minimum absolute atomic E-state index is 0.0827. The zero-order valence-corrected chi connectivity index (χ0v) is 16.4. The van der Waals surface area contributed by atoms with E-state index in [0.29, 0.717) is 16.3 Å². The Morgan fingerprint density at radius 1 is 1.30 bits per heavy atom. The number of halogens is 2. The number of nitrogens with zero attached hydrogens (tertiary/aromatic N) is 1. The van der Waals surface area contributed by atoms with Crippen LogP contribution in [0.25, 0.3) is 0 Å². The molecular formula is C20H18ClFN2O2S. The van der Waals surface area contributed by atoms with Crippen LogP contribution in [0, 0.1) is 12.7 Å². The van der Waals surface area contributed by atoms with Crippen molar-refractivity contribution in [2.24, 2.45) is 0 Å². The van der Waals surface area contributed by atoms with E-state index in [1.807, 2.05) is 19.2 Å². The average Bonchev–Trinajstić information content (AvgIpc) is 2.64. The molecule has 1 heterocycles. The third kappa shape index (κ3) is 4.34. The van der Waals surface area contributed by atoms with Gasteiger partial charge >= 0.3 is 6.03 Å².